The summed E-state index contributed by atoms with van der Waals surface area (Å²) in [5, 5.41) is 31.2. The van der Waals surface area contributed by atoms with Crippen molar-refractivity contribution in [2.75, 3.05) is 19.8 Å². The van der Waals surface area contributed by atoms with Gasteiger partial charge in [0, 0.05) is 12.0 Å². The van der Waals surface area contributed by atoms with E-state index in [1.54, 1.807) is 0 Å². The lowest BCUT2D eigenvalue weighted by molar-refractivity contribution is -0.251. The minimum absolute atomic E-state index is 0.00907. The SMILES string of the molecule is CC1(C)CCC[C@]2(C)[C@H]3CC[C@@H]4[C@@H]5CC(CO)(CO)CC[C@]5(CO)CC[C@@]4(C)[C@]3(C)CC[C@@H]12. The van der Waals surface area contributed by atoms with Crippen LogP contribution in [0.5, 0.6) is 0 Å². The molecule has 5 rings (SSSR count). The Morgan fingerprint density at radius 1 is 0.606 bits per heavy atom. The van der Waals surface area contributed by atoms with E-state index in [0.717, 1.165) is 37.5 Å². The Balaban J connectivity index is 1.53. The zero-order valence-corrected chi connectivity index (χ0v) is 22.3. The van der Waals surface area contributed by atoms with Crippen LogP contribution in [0.25, 0.3) is 0 Å². The molecule has 0 unspecified atom stereocenters. The van der Waals surface area contributed by atoms with E-state index in [-0.39, 0.29) is 30.7 Å². The normalized spacial score (nSPS) is 52.7. The van der Waals surface area contributed by atoms with Crippen LogP contribution < -0.4 is 0 Å². The topological polar surface area (TPSA) is 60.7 Å². The summed E-state index contributed by atoms with van der Waals surface area (Å²) in [7, 11) is 0. The van der Waals surface area contributed by atoms with Crippen molar-refractivity contribution in [3.8, 4) is 0 Å². The van der Waals surface area contributed by atoms with Gasteiger partial charge in [-0.3, -0.25) is 0 Å². The molecule has 0 bridgehead atoms. The standard InChI is InChI=1S/C30H52O3/c1-25(2)10-6-11-26(3)23(25)9-12-28(5)24(26)8-7-21-22-17-29(18-31,19-32)14-16-30(22,20-33)15-13-27(21,28)4/h21-24,31-33H,6-20H2,1-5H3/t21-,22+,23+,24-,26+,27-,28-,30+/m1/s1. The molecule has 0 heterocycles. The predicted octanol–water partition coefficient (Wildman–Crippen LogP) is 6.20. The molecule has 0 saturated heterocycles. The fourth-order valence-corrected chi connectivity index (χ4v) is 11.7. The molecule has 0 spiro atoms. The van der Waals surface area contributed by atoms with Gasteiger partial charge in [0.15, 0.2) is 0 Å². The molecule has 5 aliphatic carbocycles. The molecule has 190 valence electrons. The predicted molar refractivity (Wildman–Crippen MR) is 134 cm³/mol. The lowest BCUT2D eigenvalue weighted by Crippen LogP contribution is -2.66. The van der Waals surface area contributed by atoms with Gasteiger partial charge in [0.25, 0.3) is 0 Å². The highest BCUT2D eigenvalue weighted by Crippen LogP contribution is 2.76. The summed E-state index contributed by atoms with van der Waals surface area (Å²) < 4.78 is 0. The highest BCUT2D eigenvalue weighted by atomic mass is 16.3. The Labute approximate surface area is 203 Å². The molecule has 3 N–H and O–H groups in total. The molecule has 0 aromatic rings. The Morgan fingerprint density at radius 3 is 1.97 bits per heavy atom. The van der Waals surface area contributed by atoms with Crippen molar-refractivity contribution < 1.29 is 15.3 Å². The van der Waals surface area contributed by atoms with E-state index >= 15 is 0 Å². The Morgan fingerprint density at radius 2 is 1.30 bits per heavy atom. The smallest absolute Gasteiger partial charge is 0.0509 e. The summed E-state index contributed by atoms with van der Waals surface area (Å²) in [6.45, 7) is 13.5. The lowest BCUT2D eigenvalue weighted by Gasteiger charge is -2.73. The maximum atomic E-state index is 10.7. The van der Waals surface area contributed by atoms with Crippen molar-refractivity contribution in [3.63, 3.8) is 0 Å². The number of rotatable bonds is 3. The van der Waals surface area contributed by atoms with Gasteiger partial charge in [-0.25, -0.2) is 0 Å². The van der Waals surface area contributed by atoms with Crippen LogP contribution in [-0.4, -0.2) is 35.1 Å². The molecule has 0 aliphatic heterocycles. The number of aliphatic hydroxyl groups is 3. The molecular weight excluding hydrogens is 408 g/mol. The highest BCUT2D eigenvalue weighted by molar-refractivity contribution is 5.18. The highest BCUT2D eigenvalue weighted by Gasteiger charge is 2.69. The third kappa shape index (κ3) is 3.10. The average Bonchev–Trinajstić information content (AvgIpc) is 2.78. The van der Waals surface area contributed by atoms with Crippen LogP contribution in [0.1, 0.15) is 112 Å². The molecule has 33 heavy (non-hydrogen) atoms. The molecule has 3 heteroatoms. The van der Waals surface area contributed by atoms with E-state index in [0.29, 0.717) is 33.5 Å². The summed E-state index contributed by atoms with van der Waals surface area (Å²) >= 11 is 0. The van der Waals surface area contributed by atoms with Crippen LogP contribution in [0.3, 0.4) is 0 Å². The molecule has 0 aromatic heterocycles. The summed E-state index contributed by atoms with van der Waals surface area (Å²) in [6, 6.07) is 0. The van der Waals surface area contributed by atoms with E-state index in [9.17, 15) is 15.3 Å². The zero-order chi connectivity index (χ0) is 23.9. The van der Waals surface area contributed by atoms with Crippen LogP contribution in [-0.2, 0) is 0 Å². The van der Waals surface area contributed by atoms with Crippen molar-refractivity contribution in [1.29, 1.82) is 0 Å². The van der Waals surface area contributed by atoms with Gasteiger partial charge in [0.05, 0.1) is 13.2 Å². The second-order valence-corrected chi connectivity index (χ2v) is 15.2. The van der Waals surface area contributed by atoms with Gasteiger partial charge in [-0.15, -0.1) is 0 Å². The Hall–Kier alpha value is -0.120. The first-order chi connectivity index (χ1) is 15.5. The first-order valence-corrected chi connectivity index (χ1v) is 14.3. The first kappa shape index (κ1) is 24.6. The maximum Gasteiger partial charge on any atom is 0.0509 e. The van der Waals surface area contributed by atoms with E-state index in [1.165, 1.54) is 51.4 Å². The number of fused-ring (bicyclic) bond motifs is 7. The van der Waals surface area contributed by atoms with Gasteiger partial charge in [-0.05, 0) is 121 Å². The van der Waals surface area contributed by atoms with Crippen molar-refractivity contribution in [1.82, 2.24) is 0 Å². The number of hydrogen-bond donors (Lipinski definition) is 3. The van der Waals surface area contributed by atoms with Crippen LogP contribution in [0, 0.1) is 56.2 Å². The molecule has 0 aromatic carbocycles. The second kappa shape index (κ2) is 7.69. The Bertz CT molecular complexity index is 758. The largest absolute Gasteiger partial charge is 0.396 e. The number of aliphatic hydroxyl groups excluding tert-OH is 3. The average molecular weight is 461 g/mol. The summed E-state index contributed by atoms with van der Waals surface area (Å²) in [5.74, 6) is 2.69. The van der Waals surface area contributed by atoms with E-state index in [4.69, 9.17) is 0 Å². The molecule has 5 aliphatic rings. The van der Waals surface area contributed by atoms with Crippen LogP contribution in [0.15, 0.2) is 0 Å². The minimum Gasteiger partial charge on any atom is -0.396 e. The number of hydrogen-bond acceptors (Lipinski definition) is 3. The second-order valence-electron chi connectivity index (χ2n) is 15.2. The molecule has 0 amide bonds. The molecular formula is C30H52O3. The van der Waals surface area contributed by atoms with Gasteiger partial charge < -0.3 is 15.3 Å². The quantitative estimate of drug-likeness (QED) is 0.470. The van der Waals surface area contributed by atoms with Gasteiger partial charge in [-0.2, -0.15) is 0 Å². The monoisotopic (exact) mass is 460 g/mol. The maximum absolute atomic E-state index is 10.7. The van der Waals surface area contributed by atoms with E-state index < -0.39 is 0 Å². The molecule has 5 saturated carbocycles. The molecule has 8 atom stereocenters. The summed E-state index contributed by atoms with van der Waals surface area (Å²) in [4.78, 5) is 0. The fourth-order valence-electron chi connectivity index (χ4n) is 11.7. The zero-order valence-electron chi connectivity index (χ0n) is 22.3. The Kier molecular flexibility index (Phi) is 5.72. The molecule has 5 fully saturated rings. The van der Waals surface area contributed by atoms with Crippen LogP contribution >= 0.6 is 0 Å². The van der Waals surface area contributed by atoms with Gasteiger partial charge in [-0.1, -0.05) is 41.0 Å². The van der Waals surface area contributed by atoms with Crippen LogP contribution in [0.2, 0.25) is 0 Å². The third-order valence-electron chi connectivity index (χ3n) is 13.9. The van der Waals surface area contributed by atoms with Crippen molar-refractivity contribution in [2.45, 2.75) is 112 Å². The van der Waals surface area contributed by atoms with Crippen molar-refractivity contribution in [2.24, 2.45) is 56.2 Å². The van der Waals surface area contributed by atoms with E-state index in [1.807, 2.05) is 0 Å². The van der Waals surface area contributed by atoms with Gasteiger partial charge in [0.1, 0.15) is 0 Å². The van der Waals surface area contributed by atoms with Crippen LogP contribution in [0.4, 0.5) is 0 Å². The molecule has 3 nitrogen and oxygen atoms in total. The van der Waals surface area contributed by atoms with Gasteiger partial charge >= 0.3 is 0 Å². The lowest BCUT2D eigenvalue weighted by atomic mass is 9.31. The first-order valence-electron chi connectivity index (χ1n) is 14.3. The van der Waals surface area contributed by atoms with Crippen molar-refractivity contribution >= 4 is 0 Å². The molecule has 0 radical (unpaired) electrons. The summed E-state index contributed by atoms with van der Waals surface area (Å²) in [6.07, 6.45) is 14.6. The fraction of sp³-hybridized carbons (Fsp3) is 1.00. The summed E-state index contributed by atoms with van der Waals surface area (Å²) in [5.41, 5.74) is 1.24. The van der Waals surface area contributed by atoms with Gasteiger partial charge in [0.2, 0.25) is 0 Å². The third-order valence-corrected chi connectivity index (χ3v) is 13.9. The van der Waals surface area contributed by atoms with Crippen molar-refractivity contribution in [3.05, 3.63) is 0 Å². The minimum atomic E-state index is -0.351. The van der Waals surface area contributed by atoms with E-state index in [2.05, 4.69) is 34.6 Å².